The van der Waals surface area contributed by atoms with Crippen molar-refractivity contribution in [3.63, 3.8) is 0 Å². The molecule has 1 heterocycles. The summed E-state index contributed by atoms with van der Waals surface area (Å²) >= 11 is 0. The van der Waals surface area contributed by atoms with Gasteiger partial charge in [-0.25, -0.2) is 5.48 Å². The second-order valence-electron chi connectivity index (χ2n) is 7.60. The number of nitrogens with zero attached hydrogens (tertiary/aromatic N) is 4. The lowest BCUT2D eigenvalue weighted by Gasteiger charge is -2.45. The van der Waals surface area contributed by atoms with Crippen molar-refractivity contribution >= 4 is 25.4 Å². The molecule has 1 aliphatic rings. The van der Waals surface area contributed by atoms with Crippen LogP contribution in [0.4, 0.5) is 0 Å². The topological polar surface area (TPSA) is 188 Å². The van der Waals surface area contributed by atoms with Crippen LogP contribution in [0.3, 0.4) is 0 Å². The Labute approximate surface area is 190 Å². The molecule has 0 spiro atoms. The van der Waals surface area contributed by atoms with Gasteiger partial charge in [0.1, 0.15) is 20.2 Å². The molecule has 1 fully saturated rings. The molecule has 1 atom stereocenters. The highest BCUT2D eigenvalue weighted by Gasteiger charge is 2.43. The van der Waals surface area contributed by atoms with E-state index in [-0.39, 0.29) is 59.1 Å². The van der Waals surface area contributed by atoms with Crippen LogP contribution in [0, 0.1) is 4.91 Å². The van der Waals surface area contributed by atoms with Crippen LogP contribution in [0.15, 0.2) is 5.18 Å². The quantitative estimate of drug-likeness (QED) is 0.0634. The molecule has 0 aromatic rings. The number of nitrogens with one attached hydrogen (secondary N) is 1. The maximum atomic E-state index is 11.6. The highest BCUT2D eigenvalue weighted by Crippen LogP contribution is 2.28. The maximum Gasteiger partial charge on any atom is 0.317 e. The van der Waals surface area contributed by atoms with Crippen molar-refractivity contribution in [2.24, 2.45) is 5.18 Å². The largest absolute Gasteiger partial charge is 0.480 e. The Morgan fingerprint density at radius 3 is 2.09 bits per heavy atom. The number of hydrogen-bond donors (Lipinski definition) is 3. The molecule has 0 radical (unpaired) electrons. The van der Waals surface area contributed by atoms with Crippen molar-refractivity contribution in [1.29, 1.82) is 0 Å². The van der Waals surface area contributed by atoms with E-state index in [1.165, 1.54) is 4.90 Å². The van der Waals surface area contributed by atoms with Crippen molar-refractivity contribution < 1.29 is 43.7 Å². The number of aliphatic carboxylic acids is 1. The number of nitroso groups, excluding NO2 is 1. The first kappa shape index (κ1) is 28.3. The fourth-order valence-corrected chi connectivity index (χ4v) is 3.89. The first-order valence-corrected chi connectivity index (χ1v) is 10.2. The predicted molar refractivity (Wildman–Crippen MR) is 109 cm³/mol. The third-order valence-corrected chi connectivity index (χ3v) is 5.42. The maximum absolute atomic E-state index is 11.6. The molecule has 0 saturated carbocycles. The standard InChI is InChI=1S/C18H31N5O10/c24-13-31-10-21-5-6-22(11-32-14-25)9-18(8-21,3-1-16(20-30)2-4-19-29)23(7-17(27)28)12-33-15-26/h13-16,20,30H,1-12H2,(H,27,28). The molecule has 33 heavy (non-hydrogen) atoms. The Balaban J connectivity index is 3.32. The number of carbonyl (C=O) groups excluding carboxylic acids is 3. The smallest absolute Gasteiger partial charge is 0.317 e. The van der Waals surface area contributed by atoms with Gasteiger partial charge in [-0.2, -0.15) is 4.91 Å². The average molecular weight is 477 g/mol. The molecule has 0 aromatic heterocycles. The lowest BCUT2D eigenvalue weighted by molar-refractivity contribution is -0.151. The van der Waals surface area contributed by atoms with Crippen LogP contribution in [-0.4, -0.2) is 121 Å². The Kier molecular flexibility index (Phi) is 13.7. The Morgan fingerprint density at radius 1 is 1.06 bits per heavy atom. The van der Waals surface area contributed by atoms with Gasteiger partial charge in [0.25, 0.3) is 19.4 Å². The molecule has 0 amide bonds. The zero-order chi connectivity index (χ0) is 24.5. The monoisotopic (exact) mass is 477 g/mol. The van der Waals surface area contributed by atoms with Gasteiger partial charge in [0.05, 0.1) is 18.6 Å². The van der Waals surface area contributed by atoms with Crippen LogP contribution in [0.5, 0.6) is 0 Å². The van der Waals surface area contributed by atoms with Gasteiger partial charge < -0.3 is 24.5 Å². The summed E-state index contributed by atoms with van der Waals surface area (Å²) in [5.41, 5.74) is 1.13. The molecule has 1 rings (SSSR count). The summed E-state index contributed by atoms with van der Waals surface area (Å²) in [6.45, 7) is 1.03. The third kappa shape index (κ3) is 10.2. The number of carboxylic acid groups (broad SMARTS) is 1. The molecule has 1 aliphatic heterocycles. The van der Waals surface area contributed by atoms with E-state index in [0.29, 0.717) is 32.5 Å². The highest BCUT2D eigenvalue weighted by molar-refractivity contribution is 5.69. The van der Waals surface area contributed by atoms with Gasteiger partial charge in [-0.15, -0.1) is 0 Å². The van der Waals surface area contributed by atoms with E-state index < -0.39 is 24.1 Å². The number of ether oxygens (including phenoxy) is 3. The molecule has 1 unspecified atom stereocenters. The summed E-state index contributed by atoms with van der Waals surface area (Å²) < 4.78 is 14.7. The summed E-state index contributed by atoms with van der Waals surface area (Å²) in [7, 11) is 0. The second kappa shape index (κ2) is 16.0. The van der Waals surface area contributed by atoms with Gasteiger partial charge in [-0.1, -0.05) is 5.18 Å². The van der Waals surface area contributed by atoms with E-state index in [1.807, 2.05) is 0 Å². The molecular weight excluding hydrogens is 446 g/mol. The first-order chi connectivity index (χ1) is 15.9. The number of hydrogen-bond acceptors (Lipinski definition) is 14. The van der Waals surface area contributed by atoms with Crippen molar-refractivity contribution in [2.45, 2.75) is 30.8 Å². The SMILES string of the molecule is O=COCN1CCN(COC=O)CC(CCC(CCN=O)NO)(N(COC=O)CC(=O)O)C1. The summed E-state index contributed by atoms with van der Waals surface area (Å²) in [6.07, 6.45) is 0.818. The number of carbonyl (C=O) groups is 4. The molecule has 188 valence electrons. The molecular formula is C18H31N5O10. The summed E-state index contributed by atoms with van der Waals surface area (Å²) in [5, 5.41) is 21.8. The van der Waals surface area contributed by atoms with Crippen LogP contribution in [0.25, 0.3) is 0 Å². The van der Waals surface area contributed by atoms with E-state index in [1.54, 1.807) is 9.80 Å². The Hall–Kier alpha value is -2.72. The molecule has 0 aromatic carbocycles. The van der Waals surface area contributed by atoms with E-state index >= 15 is 0 Å². The van der Waals surface area contributed by atoms with Gasteiger partial charge in [0.2, 0.25) is 0 Å². The van der Waals surface area contributed by atoms with Crippen LogP contribution in [0.2, 0.25) is 0 Å². The first-order valence-electron chi connectivity index (χ1n) is 10.2. The van der Waals surface area contributed by atoms with Gasteiger partial charge in [0, 0.05) is 32.2 Å². The average Bonchev–Trinajstić information content (AvgIpc) is 2.99. The lowest BCUT2D eigenvalue weighted by atomic mass is 9.87. The summed E-state index contributed by atoms with van der Waals surface area (Å²) in [4.78, 5) is 59.5. The van der Waals surface area contributed by atoms with E-state index in [2.05, 4.69) is 10.7 Å². The van der Waals surface area contributed by atoms with Crippen LogP contribution < -0.4 is 5.48 Å². The molecule has 0 bridgehead atoms. The summed E-state index contributed by atoms with van der Waals surface area (Å²) in [5.74, 6) is -1.17. The normalized spacial score (nSPS) is 17.5. The van der Waals surface area contributed by atoms with Crippen molar-refractivity contribution in [3.05, 3.63) is 4.91 Å². The van der Waals surface area contributed by atoms with Crippen LogP contribution >= 0.6 is 0 Å². The van der Waals surface area contributed by atoms with E-state index in [9.17, 15) is 34.4 Å². The molecule has 3 N–H and O–H groups in total. The molecule has 15 nitrogen and oxygen atoms in total. The van der Waals surface area contributed by atoms with Gasteiger partial charge in [-0.05, 0) is 19.3 Å². The molecule has 1 saturated heterocycles. The molecule has 0 aliphatic carbocycles. The zero-order valence-corrected chi connectivity index (χ0v) is 18.2. The zero-order valence-electron chi connectivity index (χ0n) is 18.2. The van der Waals surface area contributed by atoms with Crippen LogP contribution in [0.1, 0.15) is 19.3 Å². The van der Waals surface area contributed by atoms with Crippen LogP contribution in [-0.2, 0) is 33.4 Å². The third-order valence-electron chi connectivity index (χ3n) is 5.42. The fraction of sp³-hybridized carbons (Fsp3) is 0.778. The lowest BCUT2D eigenvalue weighted by Crippen LogP contribution is -2.61. The minimum atomic E-state index is -1.17. The van der Waals surface area contributed by atoms with Gasteiger partial charge in [0.15, 0.2) is 0 Å². The Bertz CT molecular complexity index is 603. The Morgan fingerprint density at radius 2 is 1.64 bits per heavy atom. The van der Waals surface area contributed by atoms with E-state index in [4.69, 9.17) is 14.2 Å². The van der Waals surface area contributed by atoms with E-state index in [0.717, 1.165) is 0 Å². The predicted octanol–water partition coefficient (Wildman–Crippen LogP) is -1.59. The van der Waals surface area contributed by atoms with Crippen molar-refractivity contribution in [3.8, 4) is 0 Å². The minimum Gasteiger partial charge on any atom is -0.480 e. The number of hydroxylamine groups is 1. The highest BCUT2D eigenvalue weighted by atomic mass is 16.5. The van der Waals surface area contributed by atoms with Crippen molar-refractivity contribution in [1.82, 2.24) is 20.2 Å². The number of rotatable bonds is 19. The van der Waals surface area contributed by atoms with Gasteiger partial charge in [-0.3, -0.25) is 33.9 Å². The minimum absolute atomic E-state index is 0.0308. The second-order valence-corrected chi connectivity index (χ2v) is 7.60. The molecule has 15 heteroatoms. The van der Waals surface area contributed by atoms with Gasteiger partial charge >= 0.3 is 5.97 Å². The number of carboxylic acids is 1. The summed E-state index contributed by atoms with van der Waals surface area (Å²) in [6, 6.07) is -0.513. The van der Waals surface area contributed by atoms with Crippen molar-refractivity contribution in [2.75, 3.05) is 59.5 Å². The fourth-order valence-electron chi connectivity index (χ4n) is 3.89.